The van der Waals surface area contributed by atoms with Crippen molar-refractivity contribution in [3.8, 4) is 16.9 Å². The van der Waals surface area contributed by atoms with Gasteiger partial charge in [-0.15, -0.1) is 0 Å². The zero-order valence-electron chi connectivity index (χ0n) is 20.4. The fourth-order valence-electron chi connectivity index (χ4n) is 4.36. The van der Waals surface area contributed by atoms with Crippen LogP contribution in [0.3, 0.4) is 0 Å². The van der Waals surface area contributed by atoms with Crippen molar-refractivity contribution in [1.82, 2.24) is 24.8 Å². The van der Waals surface area contributed by atoms with Gasteiger partial charge in [0.2, 0.25) is 0 Å². The summed E-state index contributed by atoms with van der Waals surface area (Å²) in [6.45, 7) is 3.95. The fourth-order valence-corrected chi connectivity index (χ4v) is 5.02. The number of thiazole rings is 1. The maximum atomic E-state index is 11.7. The second kappa shape index (κ2) is 9.67. The molecule has 3 N–H and O–H groups in total. The molecule has 0 bridgehead atoms. The van der Waals surface area contributed by atoms with Crippen LogP contribution in [-0.4, -0.2) is 63.2 Å². The van der Waals surface area contributed by atoms with Crippen molar-refractivity contribution < 1.29 is 14.6 Å². The summed E-state index contributed by atoms with van der Waals surface area (Å²) in [5.41, 5.74) is 10.8. The lowest BCUT2D eigenvalue weighted by Crippen LogP contribution is -2.29. The number of nitrogens with two attached hydrogens (primary N) is 1. The van der Waals surface area contributed by atoms with E-state index in [1.807, 2.05) is 50.3 Å². The van der Waals surface area contributed by atoms with Gasteiger partial charge in [-0.2, -0.15) is 0 Å². The van der Waals surface area contributed by atoms with Crippen LogP contribution in [0.25, 0.3) is 21.5 Å². The lowest BCUT2D eigenvalue weighted by molar-refractivity contribution is -0.136. The summed E-state index contributed by atoms with van der Waals surface area (Å²) in [6.07, 6.45) is 1.68. The summed E-state index contributed by atoms with van der Waals surface area (Å²) in [7, 11) is 3.90. The zero-order valence-corrected chi connectivity index (χ0v) is 21.2. The number of carboxylic acid groups (broad SMARTS) is 1. The molecule has 0 amide bonds. The second-order valence-electron chi connectivity index (χ2n) is 9.03. The predicted octanol–water partition coefficient (Wildman–Crippen LogP) is 3.13. The molecule has 1 aliphatic heterocycles. The van der Waals surface area contributed by atoms with Crippen LogP contribution >= 0.6 is 11.3 Å². The van der Waals surface area contributed by atoms with Crippen LogP contribution in [0.4, 0.5) is 10.9 Å². The SMILES string of the molecule is Cc1nc(CN(C)C)nc(N2CCOc3ccc(-c4cnc5sc(N)nc5c4)cc3C2)c1CC(=O)O. The first-order chi connectivity index (χ1) is 17.3. The first kappa shape index (κ1) is 23.9. The minimum Gasteiger partial charge on any atom is -0.491 e. The van der Waals surface area contributed by atoms with Crippen LogP contribution < -0.4 is 15.4 Å². The average Bonchev–Trinajstić information content (AvgIpc) is 3.05. The number of aromatic nitrogens is 4. The molecule has 4 aromatic rings. The van der Waals surface area contributed by atoms with E-state index in [4.69, 9.17) is 15.5 Å². The highest BCUT2D eigenvalue weighted by Crippen LogP contribution is 2.33. The molecule has 0 saturated heterocycles. The smallest absolute Gasteiger partial charge is 0.308 e. The Balaban J connectivity index is 1.53. The zero-order chi connectivity index (χ0) is 25.4. The number of nitrogen functional groups attached to an aromatic ring is 1. The number of carbonyl (C=O) groups is 1. The number of hydrogen-bond donors (Lipinski definition) is 2. The molecule has 4 heterocycles. The highest BCUT2D eigenvalue weighted by molar-refractivity contribution is 7.21. The Hall–Kier alpha value is -3.83. The number of pyridine rings is 1. The molecular weight excluding hydrogens is 478 g/mol. The van der Waals surface area contributed by atoms with E-state index in [0.29, 0.717) is 54.3 Å². The fraction of sp³-hybridized carbons (Fsp3) is 0.320. The summed E-state index contributed by atoms with van der Waals surface area (Å²) < 4.78 is 6.06. The summed E-state index contributed by atoms with van der Waals surface area (Å²) in [6, 6.07) is 8.04. The van der Waals surface area contributed by atoms with Gasteiger partial charge in [0, 0.05) is 35.1 Å². The van der Waals surface area contributed by atoms with E-state index in [-0.39, 0.29) is 6.42 Å². The topological polar surface area (TPSA) is 131 Å². The van der Waals surface area contributed by atoms with Crippen molar-refractivity contribution in [3.05, 3.63) is 53.1 Å². The maximum Gasteiger partial charge on any atom is 0.308 e. The average molecular weight is 506 g/mol. The van der Waals surface area contributed by atoms with Gasteiger partial charge in [0.25, 0.3) is 0 Å². The van der Waals surface area contributed by atoms with Gasteiger partial charge in [-0.05, 0) is 44.8 Å². The Kier molecular flexibility index (Phi) is 6.42. The molecule has 0 saturated carbocycles. The van der Waals surface area contributed by atoms with Crippen LogP contribution in [-0.2, 0) is 24.3 Å². The Morgan fingerprint density at radius 1 is 1.22 bits per heavy atom. The van der Waals surface area contributed by atoms with Crippen LogP contribution in [0.5, 0.6) is 5.75 Å². The van der Waals surface area contributed by atoms with E-state index >= 15 is 0 Å². The molecule has 36 heavy (non-hydrogen) atoms. The van der Waals surface area contributed by atoms with Crippen molar-refractivity contribution in [2.45, 2.75) is 26.4 Å². The van der Waals surface area contributed by atoms with Gasteiger partial charge in [0.05, 0.1) is 19.5 Å². The molecule has 1 aliphatic rings. The Labute approximate surface area is 212 Å². The number of aryl methyl sites for hydroxylation is 1. The third kappa shape index (κ3) is 4.93. The molecular formula is C25H27N7O3S. The first-order valence-corrected chi connectivity index (χ1v) is 12.3. The van der Waals surface area contributed by atoms with Crippen molar-refractivity contribution in [1.29, 1.82) is 0 Å². The predicted molar refractivity (Wildman–Crippen MR) is 139 cm³/mol. The Morgan fingerprint density at radius 2 is 2.06 bits per heavy atom. The quantitative estimate of drug-likeness (QED) is 0.403. The van der Waals surface area contributed by atoms with Crippen LogP contribution in [0.15, 0.2) is 30.5 Å². The summed E-state index contributed by atoms with van der Waals surface area (Å²) in [5.74, 6) is 1.18. The third-order valence-electron chi connectivity index (χ3n) is 5.96. The Bertz CT molecular complexity index is 1450. The van der Waals surface area contributed by atoms with Gasteiger partial charge in [0.15, 0.2) is 5.13 Å². The van der Waals surface area contributed by atoms with Crippen molar-refractivity contribution in [2.24, 2.45) is 0 Å². The highest BCUT2D eigenvalue weighted by atomic mass is 32.1. The summed E-state index contributed by atoms with van der Waals surface area (Å²) in [5, 5.41) is 10.0. The minimum absolute atomic E-state index is 0.143. The van der Waals surface area contributed by atoms with Gasteiger partial charge in [-0.25, -0.2) is 19.9 Å². The molecule has 1 aromatic carbocycles. The van der Waals surface area contributed by atoms with Crippen molar-refractivity contribution in [2.75, 3.05) is 37.9 Å². The number of rotatable bonds is 6. The number of anilines is 2. The minimum atomic E-state index is -0.914. The van der Waals surface area contributed by atoms with Gasteiger partial charge in [0.1, 0.15) is 34.3 Å². The van der Waals surface area contributed by atoms with Crippen molar-refractivity contribution >= 4 is 38.6 Å². The first-order valence-electron chi connectivity index (χ1n) is 11.5. The molecule has 0 unspecified atom stereocenters. The van der Waals surface area contributed by atoms with Gasteiger partial charge in [-0.1, -0.05) is 17.4 Å². The number of hydrogen-bond acceptors (Lipinski definition) is 10. The van der Waals surface area contributed by atoms with Gasteiger partial charge >= 0.3 is 5.97 Å². The van der Waals surface area contributed by atoms with Gasteiger partial charge < -0.3 is 25.4 Å². The molecule has 10 nitrogen and oxygen atoms in total. The van der Waals surface area contributed by atoms with E-state index in [1.165, 1.54) is 11.3 Å². The number of benzene rings is 1. The van der Waals surface area contributed by atoms with Crippen LogP contribution in [0.1, 0.15) is 22.6 Å². The molecule has 3 aromatic heterocycles. The molecule has 11 heteroatoms. The highest BCUT2D eigenvalue weighted by Gasteiger charge is 2.24. The van der Waals surface area contributed by atoms with Gasteiger partial charge in [-0.3, -0.25) is 4.79 Å². The number of fused-ring (bicyclic) bond motifs is 2. The van der Waals surface area contributed by atoms with Crippen LogP contribution in [0.2, 0.25) is 0 Å². The second-order valence-corrected chi connectivity index (χ2v) is 10.0. The maximum absolute atomic E-state index is 11.7. The van der Waals surface area contributed by atoms with Crippen molar-refractivity contribution in [3.63, 3.8) is 0 Å². The Morgan fingerprint density at radius 3 is 2.83 bits per heavy atom. The largest absolute Gasteiger partial charge is 0.491 e. The molecule has 0 atom stereocenters. The third-order valence-corrected chi connectivity index (χ3v) is 6.77. The number of ether oxygens (including phenoxy) is 1. The monoisotopic (exact) mass is 505 g/mol. The normalized spacial score (nSPS) is 13.5. The van der Waals surface area contributed by atoms with E-state index in [2.05, 4.69) is 25.9 Å². The summed E-state index contributed by atoms with van der Waals surface area (Å²) >= 11 is 1.36. The number of carboxylic acids is 1. The molecule has 186 valence electrons. The van der Waals surface area contributed by atoms with Crippen LogP contribution in [0, 0.1) is 6.92 Å². The van der Waals surface area contributed by atoms with E-state index in [1.54, 1.807) is 0 Å². The molecule has 5 rings (SSSR count). The molecule has 0 aliphatic carbocycles. The lowest BCUT2D eigenvalue weighted by atomic mass is 10.0. The standard InChI is InChI=1S/C25H27N7O3S/c1-14-18(10-22(33)34)23(30-21(28-14)13-31(2)3)32-6-7-35-20-5-4-15(8-17(20)12-32)16-9-19-24(27-11-16)36-25(26)29-19/h4-5,8-9,11H,6-7,10,12-13H2,1-3H3,(H2,26,29)(H,33,34). The van der Waals surface area contributed by atoms with E-state index < -0.39 is 5.97 Å². The van der Waals surface area contributed by atoms with E-state index in [9.17, 15) is 9.90 Å². The molecule has 0 fully saturated rings. The molecule has 0 radical (unpaired) electrons. The lowest BCUT2D eigenvalue weighted by Gasteiger charge is -2.25. The number of aliphatic carboxylic acids is 1. The summed E-state index contributed by atoms with van der Waals surface area (Å²) in [4.78, 5) is 34.8. The number of nitrogens with zero attached hydrogens (tertiary/aromatic N) is 6. The van der Waals surface area contributed by atoms with E-state index in [0.717, 1.165) is 32.8 Å². The molecule has 0 spiro atoms.